The fourth-order valence-electron chi connectivity index (χ4n) is 5.71. The number of carbonyl (C=O) groups is 2. The number of aliphatic hydroxyl groups excluding tert-OH is 2. The molecule has 2 aromatic carbocycles. The molecule has 1 aliphatic carbocycles. The van der Waals surface area contributed by atoms with Crippen molar-refractivity contribution < 1.29 is 34.5 Å². The van der Waals surface area contributed by atoms with Crippen molar-refractivity contribution in [3.05, 3.63) is 83.9 Å². The van der Waals surface area contributed by atoms with E-state index in [-0.39, 0.29) is 29.3 Å². The molecule has 4 atom stereocenters. The van der Waals surface area contributed by atoms with Gasteiger partial charge in [0.25, 0.3) is 0 Å². The van der Waals surface area contributed by atoms with Crippen molar-refractivity contribution in [2.45, 2.75) is 89.4 Å². The van der Waals surface area contributed by atoms with Crippen LogP contribution in [0, 0.1) is 0 Å². The lowest BCUT2D eigenvalue weighted by atomic mass is 9.91. The Morgan fingerprint density at radius 2 is 1.53 bits per heavy atom. The van der Waals surface area contributed by atoms with Crippen LogP contribution in [0.25, 0.3) is 11.2 Å². The molecule has 4 aromatic rings. The average Bonchev–Trinajstić information content (AvgIpc) is 3.56. The molecule has 4 N–H and O–H groups in total. The maximum Gasteiger partial charge on any atom is 0.434 e. The number of hydroxylamine groups is 2. The number of fused-ring (bicyclic) bond motifs is 1. The summed E-state index contributed by atoms with van der Waals surface area (Å²) in [6.45, 7) is 10.8. The Balaban J connectivity index is 1.49. The van der Waals surface area contributed by atoms with E-state index in [1.165, 1.54) is 10.9 Å². The van der Waals surface area contributed by atoms with E-state index < -0.39 is 53.4 Å². The van der Waals surface area contributed by atoms with Gasteiger partial charge in [0, 0.05) is 12.5 Å². The van der Waals surface area contributed by atoms with E-state index in [1.807, 2.05) is 60.7 Å². The van der Waals surface area contributed by atoms with Crippen LogP contribution in [-0.4, -0.2) is 88.0 Å². The first-order chi connectivity index (χ1) is 22.1. The van der Waals surface area contributed by atoms with Crippen LogP contribution in [0.5, 0.6) is 0 Å². The highest BCUT2D eigenvalue weighted by Crippen LogP contribution is 2.38. The number of nitrogens with one attached hydrogen (secondary N) is 1. The highest BCUT2D eigenvalue weighted by molar-refractivity contribution is 5.90. The van der Waals surface area contributed by atoms with Crippen molar-refractivity contribution in [3.63, 3.8) is 0 Å². The van der Waals surface area contributed by atoms with Crippen molar-refractivity contribution in [1.29, 1.82) is 0 Å². The lowest BCUT2D eigenvalue weighted by molar-refractivity contribution is -0.241. The van der Waals surface area contributed by atoms with Crippen LogP contribution in [-0.2, 0) is 9.57 Å². The van der Waals surface area contributed by atoms with Gasteiger partial charge in [0.15, 0.2) is 11.5 Å². The average molecular weight is 647 g/mol. The quantitative estimate of drug-likeness (QED) is 0.185. The zero-order valence-corrected chi connectivity index (χ0v) is 27.4. The highest BCUT2D eigenvalue weighted by Gasteiger charge is 2.49. The summed E-state index contributed by atoms with van der Waals surface area (Å²) in [4.78, 5) is 44.4. The topological polar surface area (TPSA) is 172 Å². The molecule has 1 amide bonds. The van der Waals surface area contributed by atoms with Crippen molar-refractivity contribution in [2.75, 3.05) is 11.9 Å². The fourth-order valence-corrected chi connectivity index (χ4v) is 5.71. The molecule has 1 aliphatic rings. The number of hydrogen-bond donors (Lipinski definition) is 4. The number of imidazole rings is 1. The second kappa shape index (κ2) is 13.3. The zero-order valence-electron chi connectivity index (χ0n) is 27.4. The van der Waals surface area contributed by atoms with Crippen molar-refractivity contribution >= 4 is 29.0 Å². The molecule has 0 spiro atoms. The summed E-state index contributed by atoms with van der Waals surface area (Å²) in [6.07, 6.45) is -2.17. The number of benzene rings is 2. The molecular formula is C34H42N6O7. The number of carboxylic acid groups (broad SMARTS) is 1. The van der Waals surface area contributed by atoms with Crippen molar-refractivity contribution in [2.24, 2.45) is 0 Å². The van der Waals surface area contributed by atoms with Crippen LogP contribution in [0.15, 0.2) is 67.0 Å². The number of carbonyl (C=O) groups excluding carboxylic acids is 1. The third-order valence-corrected chi connectivity index (χ3v) is 7.72. The molecule has 2 heterocycles. The number of ether oxygens (including phenoxy) is 1. The molecule has 5 rings (SSSR count). The third-order valence-electron chi connectivity index (χ3n) is 7.72. The monoisotopic (exact) mass is 646 g/mol. The largest absolute Gasteiger partial charge is 0.475 e. The van der Waals surface area contributed by atoms with Gasteiger partial charge in [-0.2, -0.15) is 5.06 Å². The van der Waals surface area contributed by atoms with Gasteiger partial charge in [-0.15, -0.1) is 0 Å². The Morgan fingerprint density at radius 3 is 2.06 bits per heavy atom. The number of aromatic carboxylic acids is 1. The summed E-state index contributed by atoms with van der Waals surface area (Å²) in [6, 6.07) is 18.0. The molecule has 13 heteroatoms. The van der Waals surface area contributed by atoms with Crippen molar-refractivity contribution in [3.8, 4) is 0 Å². The van der Waals surface area contributed by atoms with Gasteiger partial charge in [0.1, 0.15) is 23.3 Å². The molecule has 47 heavy (non-hydrogen) atoms. The summed E-state index contributed by atoms with van der Waals surface area (Å²) < 4.78 is 7.07. The number of amides is 1. The Labute approximate surface area is 273 Å². The first kappa shape index (κ1) is 33.8. The number of aliphatic hydroxyl groups is 2. The predicted molar refractivity (Wildman–Crippen MR) is 174 cm³/mol. The van der Waals surface area contributed by atoms with Crippen LogP contribution in [0.4, 0.5) is 10.6 Å². The van der Waals surface area contributed by atoms with Crippen LogP contribution < -0.4 is 5.32 Å². The molecule has 0 aliphatic heterocycles. The molecule has 0 bridgehead atoms. The van der Waals surface area contributed by atoms with Crippen molar-refractivity contribution in [1.82, 2.24) is 24.6 Å². The maximum absolute atomic E-state index is 13.3. The molecule has 1 fully saturated rings. The second-order valence-electron chi connectivity index (χ2n) is 13.6. The van der Waals surface area contributed by atoms with Gasteiger partial charge in [0.2, 0.25) is 5.82 Å². The van der Waals surface area contributed by atoms with Crippen LogP contribution in [0.1, 0.15) is 81.7 Å². The normalized spacial score (nSPS) is 20.0. The van der Waals surface area contributed by atoms with Gasteiger partial charge in [-0.05, 0) is 59.1 Å². The lowest BCUT2D eigenvalue weighted by Crippen LogP contribution is -2.51. The second-order valence-corrected chi connectivity index (χ2v) is 13.6. The molecule has 0 saturated heterocycles. The predicted octanol–water partition coefficient (Wildman–Crippen LogP) is 4.77. The minimum Gasteiger partial charge on any atom is -0.475 e. The van der Waals surface area contributed by atoms with Gasteiger partial charge in [0.05, 0.1) is 24.0 Å². The minimum absolute atomic E-state index is 0.0301. The van der Waals surface area contributed by atoms with E-state index in [1.54, 1.807) is 41.5 Å². The summed E-state index contributed by atoms with van der Waals surface area (Å²) in [5.74, 6) is -1.69. The number of aromatic nitrogens is 4. The Morgan fingerprint density at radius 1 is 0.936 bits per heavy atom. The molecule has 2 aromatic heterocycles. The van der Waals surface area contributed by atoms with E-state index >= 15 is 0 Å². The summed E-state index contributed by atoms with van der Waals surface area (Å²) in [5.41, 5.74) is 0.876. The zero-order chi connectivity index (χ0) is 34.1. The van der Waals surface area contributed by atoms with Crippen LogP contribution >= 0.6 is 0 Å². The molecule has 0 radical (unpaired) electrons. The number of rotatable bonds is 9. The molecule has 250 valence electrons. The summed E-state index contributed by atoms with van der Waals surface area (Å²) in [5, 5.41) is 36.7. The summed E-state index contributed by atoms with van der Waals surface area (Å²) >= 11 is 0. The van der Waals surface area contributed by atoms with Gasteiger partial charge >= 0.3 is 12.1 Å². The Hall–Kier alpha value is -4.59. The number of hydrogen-bond acceptors (Lipinski definition) is 10. The molecular weight excluding hydrogens is 604 g/mol. The molecule has 1 saturated carbocycles. The first-order valence-corrected chi connectivity index (χ1v) is 15.5. The summed E-state index contributed by atoms with van der Waals surface area (Å²) in [7, 11) is 0. The van der Waals surface area contributed by atoms with Crippen LogP contribution in [0.2, 0.25) is 0 Å². The number of nitrogens with zero attached hydrogens (tertiary/aromatic N) is 5. The van der Waals surface area contributed by atoms with E-state index in [9.17, 15) is 24.9 Å². The van der Waals surface area contributed by atoms with Gasteiger partial charge < -0.3 is 29.9 Å². The van der Waals surface area contributed by atoms with Gasteiger partial charge in [-0.1, -0.05) is 60.7 Å². The van der Waals surface area contributed by atoms with Gasteiger partial charge in [-0.3, -0.25) is 4.84 Å². The van der Waals surface area contributed by atoms with E-state index in [0.717, 1.165) is 16.2 Å². The molecule has 0 unspecified atom stereocenters. The third kappa shape index (κ3) is 7.70. The number of carboxylic acids is 1. The van der Waals surface area contributed by atoms with Gasteiger partial charge in [-0.25, -0.2) is 24.5 Å². The Bertz CT molecular complexity index is 1660. The Kier molecular flexibility index (Phi) is 9.53. The fraction of sp³-hybridized carbons (Fsp3) is 0.441. The lowest BCUT2D eigenvalue weighted by Gasteiger charge is -2.36. The minimum atomic E-state index is -1.43. The van der Waals surface area contributed by atoms with E-state index in [0.29, 0.717) is 6.54 Å². The number of anilines is 1. The smallest absolute Gasteiger partial charge is 0.434 e. The first-order valence-electron chi connectivity index (χ1n) is 15.5. The molecule has 13 nitrogen and oxygen atoms in total. The SMILES string of the molecule is CC(C)(C)OC(=O)N(OC(C)(C)C)[C@H]1C[C@@H](n2cnc3c(NCC(c4ccccc4)c4ccccc4)nc(C(=O)O)nc32)[C@H](O)[C@@H]1O. The standard InChI is InChI=1S/C34H42N6O7/c1-33(2,3)46-32(45)40(47-34(4,5)6)24-17-23(26(41)27(24)42)39-19-36-25-28(37-29(31(43)44)38-30(25)39)35-18-22(20-13-9-7-10-14-20)21-15-11-8-12-16-21/h7-16,19,22-24,26-27,41-42H,17-18H2,1-6H3,(H,43,44)(H,35,37,38)/t23-,24+,26+,27-/m1/s1. The maximum atomic E-state index is 13.3. The highest BCUT2D eigenvalue weighted by atomic mass is 16.7. The van der Waals surface area contributed by atoms with Crippen LogP contribution in [0.3, 0.4) is 0 Å². The van der Waals surface area contributed by atoms with E-state index in [2.05, 4.69) is 20.3 Å². The van der Waals surface area contributed by atoms with E-state index in [4.69, 9.17) is 9.57 Å².